The molecule has 0 unspecified atom stereocenters. The zero-order valence-electron chi connectivity index (χ0n) is 7.21. The van der Waals surface area contributed by atoms with Crippen LogP contribution in [-0.2, 0) is 0 Å². The van der Waals surface area contributed by atoms with E-state index in [9.17, 15) is 0 Å². The van der Waals surface area contributed by atoms with Crippen molar-refractivity contribution in [1.82, 2.24) is 9.97 Å². The molecule has 0 radical (unpaired) electrons. The van der Waals surface area contributed by atoms with Crippen LogP contribution in [0.3, 0.4) is 0 Å². The first-order chi connectivity index (χ1) is 6.27. The van der Waals surface area contributed by atoms with Gasteiger partial charge in [-0.15, -0.1) is 0 Å². The van der Waals surface area contributed by atoms with Gasteiger partial charge in [-0.1, -0.05) is 29.8 Å². The van der Waals surface area contributed by atoms with E-state index in [0.29, 0.717) is 0 Å². The quantitative estimate of drug-likeness (QED) is 0.810. The van der Waals surface area contributed by atoms with Crippen molar-refractivity contribution in [2.75, 3.05) is 0 Å². The number of benzene rings is 1. The van der Waals surface area contributed by atoms with Crippen LogP contribution in [0.4, 0.5) is 0 Å². The van der Waals surface area contributed by atoms with E-state index < -0.39 is 0 Å². The Morgan fingerprint density at radius 3 is 2.46 bits per heavy atom. The summed E-state index contributed by atoms with van der Waals surface area (Å²) >= 11 is 3.40. The highest BCUT2D eigenvalue weighted by Gasteiger charge is 2.03. The highest BCUT2D eigenvalue weighted by molar-refractivity contribution is 9.10. The van der Waals surface area contributed by atoms with Gasteiger partial charge in [0.2, 0.25) is 0 Å². The number of rotatable bonds is 1. The lowest BCUT2D eigenvalue weighted by Crippen LogP contribution is -1.78. The summed E-state index contributed by atoms with van der Waals surface area (Å²) in [5, 5.41) is 0. The van der Waals surface area contributed by atoms with Gasteiger partial charge in [-0.05, 0) is 22.9 Å². The minimum Gasteiger partial charge on any atom is -0.339 e. The average Bonchev–Trinajstić information content (AvgIpc) is 2.53. The molecule has 2 nitrogen and oxygen atoms in total. The summed E-state index contributed by atoms with van der Waals surface area (Å²) < 4.78 is 0.927. The van der Waals surface area contributed by atoms with E-state index in [4.69, 9.17) is 0 Å². The molecule has 3 heteroatoms. The number of aromatic amines is 1. The van der Waals surface area contributed by atoms with Crippen molar-refractivity contribution in [3.05, 3.63) is 40.8 Å². The number of hydrogen-bond acceptors (Lipinski definition) is 1. The molecule has 66 valence electrons. The minimum atomic E-state index is 0.927. The van der Waals surface area contributed by atoms with Crippen LogP contribution in [0.1, 0.15) is 5.56 Å². The highest BCUT2D eigenvalue weighted by atomic mass is 79.9. The second kappa shape index (κ2) is 3.34. The molecule has 0 spiro atoms. The molecule has 2 aromatic rings. The Hall–Kier alpha value is -1.09. The number of halogens is 1. The molecule has 13 heavy (non-hydrogen) atoms. The lowest BCUT2D eigenvalue weighted by Gasteiger charge is -1.97. The number of H-pyrrole nitrogens is 1. The number of nitrogens with zero attached hydrogens (tertiary/aromatic N) is 1. The Morgan fingerprint density at radius 2 is 1.92 bits per heavy atom. The van der Waals surface area contributed by atoms with Crippen molar-refractivity contribution in [3.8, 4) is 11.3 Å². The molecular weight excluding hydrogens is 228 g/mol. The standard InChI is InChI=1S/C10H9BrN2/c1-7-2-4-8(5-3-7)9-10(11)13-6-12-9/h2-6H,1H3,(H,12,13). The lowest BCUT2D eigenvalue weighted by atomic mass is 10.1. The molecular formula is C10H9BrN2. The summed E-state index contributed by atoms with van der Waals surface area (Å²) in [7, 11) is 0. The van der Waals surface area contributed by atoms with Crippen LogP contribution in [0.25, 0.3) is 11.3 Å². The molecule has 0 aliphatic carbocycles. The molecule has 1 heterocycles. The molecule has 0 aliphatic heterocycles. The van der Waals surface area contributed by atoms with E-state index >= 15 is 0 Å². The average molecular weight is 237 g/mol. The molecule has 1 aromatic heterocycles. The molecule has 1 aromatic carbocycles. The van der Waals surface area contributed by atoms with Crippen molar-refractivity contribution < 1.29 is 0 Å². The smallest absolute Gasteiger partial charge is 0.110 e. The molecule has 0 aliphatic rings. The third-order valence-electron chi connectivity index (χ3n) is 1.92. The zero-order valence-corrected chi connectivity index (χ0v) is 8.80. The van der Waals surface area contributed by atoms with Crippen LogP contribution < -0.4 is 0 Å². The molecule has 0 amide bonds. The Labute approximate surface area is 85.1 Å². The van der Waals surface area contributed by atoms with Crippen molar-refractivity contribution in [1.29, 1.82) is 0 Å². The van der Waals surface area contributed by atoms with E-state index in [0.717, 1.165) is 15.9 Å². The van der Waals surface area contributed by atoms with Crippen LogP contribution in [0, 0.1) is 6.92 Å². The normalized spacial score (nSPS) is 10.3. The molecule has 0 saturated carbocycles. The monoisotopic (exact) mass is 236 g/mol. The predicted octanol–water partition coefficient (Wildman–Crippen LogP) is 3.15. The molecule has 0 fully saturated rings. The fourth-order valence-electron chi connectivity index (χ4n) is 1.19. The van der Waals surface area contributed by atoms with Gasteiger partial charge in [0, 0.05) is 5.56 Å². The fraction of sp³-hybridized carbons (Fsp3) is 0.100. The first-order valence-corrected chi connectivity index (χ1v) is 4.82. The molecule has 0 bridgehead atoms. The van der Waals surface area contributed by atoms with Crippen molar-refractivity contribution in [3.63, 3.8) is 0 Å². The summed E-state index contributed by atoms with van der Waals surface area (Å²) in [5.41, 5.74) is 3.34. The summed E-state index contributed by atoms with van der Waals surface area (Å²) in [5.74, 6) is 0. The molecule has 1 N–H and O–H groups in total. The van der Waals surface area contributed by atoms with Crippen LogP contribution in [0.2, 0.25) is 0 Å². The van der Waals surface area contributed by atoms with E-state index in [-0.39, 0.29) is 0 Å². The highest BCUT2D eigenvalue weighted by Crippen LogP contribution is 2.24. The third-order valence-corrected chi connectivity index (χ3v) is 2.52. The van der Waals surface area contributed by atoms with E-state index in [2.05, 4.69) is 57.1 Å². The van der Waals surface area contributed by atoms with Gasteiger partial charge in [0.25, 0.3) is 0 Å². The van der Waals surface area contributed by atoms with Crippen LogP contribution >= 0.6 is 15.9 Å². The number of imidazole rings is 1. The van der Waals surface area contributed by atoms with Crippen molar-refractivity contribution in [2.45, 2.75) is 6.92 Å². The third kappa shape index (κ3) is 1.65. The second-order valence-corrected chi connectivity index (χ2v) is 3.72. The van der Waals surface area contributed by atoms with Gasteiger partial charge in [-0.3, -0.25) is 0 Å². The summed E-state index contributed by atoms with van der Waals surface area (Å²) in [4.78, 5) is 7.20. The molecule has 0 saturated heterocycles. The Morgan fingerprint density at radius 1 is 1.23 bits per heavy atom. The summed E-state index contributed by atoms with van der Waals surface area (Å²) in [6, 6.07) is 8.29. The van der Waals surface area contributed by atoms with Gasteiger partial charge >= 0.3 is 0 Å². The minimum absolute atomic E-state index is 0.927. The van der Waals surface area contributed by atoms with Crippen molar-refractivity contribution in [2.24, 2.45) is 0 Å². The Kier molecular flexibility index (Phi) is 2.19. The van der Waals surface area contributed by atoms with Crippen LogP contribution in [-0.4, -0.2) is 9.97 Å². The van der Waals surface area contributed by atoms with Crippen LogP contribution in [0.5, 0.6) is 0 Å². The van der Waals surface area contributed by atoms with Crippen molar-refractivity contribution >= 4 is 15.9 Å². The topological polar surface area (TPSA) is 28.7 Å². The SMILES string of the molecule is Cc1ccc(-c2nc[nH]c2Br)cc1. The summed E-state index contributed by atoms with van der Waals surface area (Å²) in [6.45, 7) is 2.07. The van der Waals surface area contributed by atoms with Gasteiger partial charge < -0.3 is 4.98 Å². The van der Waals surface area contributed by atoms with Gasteiger partial charge in [0.05, 0.1) is 6.33 Å². The lowest BCUT2D eigenvalue weighted by molar-refractivity contribution is 1.30. The second-order valence-electron chi connectivity index (χ2n) is 2.93. The molecule has 0 atom stereocenters. The first kappa shape index (κ1) is 8.51. The zero-order chi connectivity index (χ0) is 9.26. The fourth-order valence-corrected chi connectivity index (χ4v) is 1.62. The maximum absolute atomic E-state index is 4.21. The maximum Gasteiger partial charge on any atom is 0.110 e. The number of aryl methyl sites for hydroxylation is 1. The van der Waals surface area contributed by atoms with Gasteiger partial charge in [0.15, 0.2) is 0 Å². The maximum atomic E-state index is 4.21. The molecule has 2 rings (SSSR count). The Bertz CT molecular complexity index is 403. The van der Waals surface area contributed by atoms with E-state index in [1.807, 2.05) is 0 Å². The largest absolute Gasteiger partial charge is 0.339 e. The Balaban J connectivity index is 2.47. The number of nitrogens with one attached hydrogen (secondary N) is 1. The van der Waals surface area contributed by atoms with Gasteiger partial charge in [-0.25, -0.2) is 4.98 Å². The number of hydrogen-bond donors (Lipinski definition) is 1. The summed E-state index contributed by atoms with van der Waals surface area (Å²) in [6.07, 6.45) is 1.68. The van der Waals surface area contributed by atoms with Gasteiger partial charge in [-0.2, -0.15) is 0 Å². The van der Waals surface area contributed by atoms with Gasteiger partial charge in [0.1, 0.15) is 10.3 Å². The number of aromatic nitrogens is 2. The van der Waals surface area contributed by atoms with E-state index in [1.165, 1.54) is 5.56 Å². The predicted molar refractivity (Wildman–Crippen MR) is 56.5 cm³/mol. The van der Waals surface area contributed by atoms with Crippen LogP contribution in [0.15, 0.2) is 35.2 Å². The first-order valence-electron chi connectivity index (χ1n) is 4.03. The van der Waals surface area contributed by atoms with E-state index in [1.54, 1.807) is 6.33 Å².